The minimum Gasteiger partial charge on any atom is -0.378 e. The number of ether oxygens (including phenoxy) is 1. The number of aromatic nitrogens is 2. The maximum absolute atomic E-state index is 9.25. The van der Waals surface area contributed by atoms with Crippen LogP contribution in [0.4, 0.5) is 11.5 Å². The molecule has 1 aromatic heterocycles. The molecular weight excluding hydrogens is 350 g/mol. The maximum atomic E-state index is 9.25. The van der Waals surface area contributed by atoms with Crippen molar-refractivity contribution in [2.24, 2.45) is 0 Å². The molecule has 0 radical (unpaired) electrons. The SMILES string of the molecule is Cc1c(C#N)cccc1CNc1nnc(C)c2ccc(N3CCOCC3)cc12. The van der Waals surface area contributed by atoms with E-state index in [-0.39, 0.29) is 0 Å². The van der Waals surface area contributed by atoms with Gasteiger partial charge < -0.3 is 15.0 Å². The van der Waals surface area contributed by atoms with Crippen molar-refractivity contribution in [3.63, 3.8) is 0 Å². The van der Waals surface area contributed by atoms with E-state index >= 15 is 0 Å². The zero-order valence-electron chi connectivity index (χ0n) is 16.2. The first kappa shape index (κ1) is 18.2. The highest BCUT2D eigenvalue weighted by molar-refractivity contribution is 5.95. The van der Waals surface area contributed by atoms with Gasteiger partial charge in [-0.15, -0.1) is 5.10 Å². The van der Waals surface area contributed by atoms with Crippen molar-refractivity contribution >= 4 is 22.3 Å². The van der Waals surface area contributed by atoms with E-state index in [0.717, 1.165) is 59.7 Å². The van der Waals surface area contributed by atoms with E-state index in [1.54, 1.807) is 0 Å². The van der Waals surface area contributed by atoms with Crippen LogP contribution in [0.5, 0.6) is 0 Å². The van der Waals surface area contributed by atoms with Gasteiger partial charge in [0.2, 0.25) is 0 Å². The van der Waals surface area contributed by atoms with Crippen LogP contribution in [-0.4, -0.2) is 36.5 Å². The first-order valence-corrected chi connectivity index (χ1v) is 9.49. The highest BCUT2D eigenvalue weighted by atomic mass is 16.5. The van der Waals surface area contributed by atoms with Gasteiger partial charge >= 0.3 is 0 Å². The molecule has 4 rings (SSSR count). The van der Waals surface area contributed by atoms with Crippen molar-refractivity contribution < 1.29 is 4.74 Å². The normalized spacial score (nSPS) is 14.1. The molecule has 0 atom stereocenters. The zero-order valence-corrected chi connectivity index (χ0v) is 16.2. The van der Waals surface area contributed by atoms with Crippen LogP contribution in [-0.2, 0) is 11.3 Å². The van der Waals surface area contributed by atoms with E-state index < -0.39 is 0 Å². The number of anilines is 2. The average molecular weight is 373 g/mol. The van der Waals surface area contributed by atoms with Crippen molar-refractivity contribution in [2.45, 2.75) is 20.4 Å². The predicted molar refractivity (Wildman–Crippen MR) is 111 cm³/mol. The van der Waals surface area contributed by atoms with E-state index in [0.29, 0.717) is 12.1 Å². The summed E-state index contributed by atoms with van der Waals surface area (Å²) < 4.78 is 5.47. The van der Waals surface area contributed by atoms with Crippen LogP contribution in [0.25, 0.3) is 10.8 Å². The van der Waals surface area contributed by atoms with E-state index in [1.165, 1.54) is 5.69 Å². The third-order valence-corrected chi connectivity index (χ3v) is 5.34. The lowest BCUT2D eigenvalue weighted by molar-refractivity contribution is 0.122. The second-order valence-electron chi connectivity index (χ2n) is 7.02. The first-order chi connectivity index (χ1) is 13.7. The molecule has 1 N–H and O–H groups in total. The van der Waals surface area contributed by atoms with Gasteiger partial charge in [0.05, 0.1) is 30.5 Å². The standard InChI is InChI=1S/C22H23N5O/c1-15-17(13-23)4-3-5-18(15)14-24-22-21-12-19(27-8-10-28-11-9-27)6-7-20(21)16(2)25-26-22/h3-7,12H,8-11,14H2,1-2H3,(H,24,26). The molecule has 0 unspecified atom stereocenters. The van der Waals surface area contributed by atoms with E-state index in [2.05, 4.69) is 44.7 Å². The highest BCUT2D eigenvalue weighted by Gasteiger charge is 2.14. The first-order valence-electron chi connectivity index (χ1n) is 9.49. The van der Waals surface area contributed by atoms with Gasteiger partial charge in [-0.1, -0.05) is 18.2 Å². The monoisotopic (exact) mass is 373 g/mol. The number of aryl methyl sites for hydroxylation is 1. The number of rotatable bonds is 4. The van der Waals surface area contributed by atoms with Gasteiger partial charge in [0.15, 0.2) is 5.82 Å². The van der Waals surface area contributed by atoms with Crippen LogP contribution in [0, 0.1) is 25.2 Å². The molecule has 0 spiro atoms. The summed E-state index contributed by atoms with van der Waals surface area (Å²) in [4.78, 5) is 2.34. The molecule has 28 heavy (non-hydrogen) atoms. The summed E-state index contributed by atoms with van der Waals surface area (Å²) in [5, 5.41) is 23.6. The Morgan fingerprint density at radius 2 is 1.93 bits per heavy atom. The molecule has 3 aromatic rings. The minimum atomic E-state index is 0.593. The summed E-state index contributed by atoms with van der Waals surface area (Å²) in [5.41, 5.74) is 4.87. The van der Waals surface area contributed by atoms with Crippen molar-refractivity contribution in [3.05, 3.63) is 58.8 Å². The molecule has 0 bridgehead atoms. The lowest BCUT2D eigenvalue weighted by atomic mass is 10.0. The molecule has 1 fully saturated rings. The van der Waals surface area contributed by atoms with Crippen LogP contribution >= 0.6 is 0 Å². The fourth-order valence-corrected chi connectivity index (χ4v) is 3.60. The van der Waals surface area contributed by atoms with Crippen LogP contribution < -0.4 is 10.2 Å². The number of morpholine rings is 1. The summed E-state index contributed by atoms with van der Waals surface area (Å²) in [6, 6.07) is 14.5. The van der Waals surface area contributed by atoms with E-state index in [4.69, 9.17) is 4.74 Å². The topological polar surface area (TPSA) is 74.1 Å². The Morgan fingerprint density at radius 3 is 2.71 bits per heavy atom. The number of hydrogen-bond donors (Lipinski definition) is 1. The van der Waals surface area contributed by atoms with Gasteiger partial charge in [0.25, 0.3) is 0 Å². The molecule has 6 nitrogen and oxygen atoms in total. The Balaban J connectivity index is 1.66. The Morgan fingerprint density at radius 1 is 1.11 bits per heavy atom. The molecule has 2 aromatic carbocycles. The summed E-state index contributed by atoms with van der Waals surface area (Å²) in [5.74, 6) is 0.762. The summed E-state index contributed by atoms with van der Waals surface area (Å²) in [7, 11) is 0. The van der Waals surface area contributed by atoms with Crippen LogP contribution in [0.2, 0.25) is 0 Å². The van der Waals surface area contributed by atoms with Crippen LogP contribution in [0.3, 0.4) is 0 Å². The number of fused-ring (bicyclic) bond motifs is 1. The molecule has 1 aliphatic heterocycles. The molecule has 0 aliphatic carbocycles. The maximum Gasteiger partial charge on any atom is 0.156 e. The largest absolute Gasteiger partial charge is 0.378 e. The third-order valence-electron chi connectivity index (χ3n) is 5.34. The number of nitrogens with one attached hydrogen (secondary N) is 1. The molecule has 1 saturated heterocycles. The van der Waals surface area contributed by atoms with Crippen molar-refractivity contribution in [1.82, 2.24) is 10.2 Å². The number of nitriles is 1. The fraction of sp³-hybridized carbons (Fsp3) is 0.318. The van der Waals surface area contributed by atoms with Crippen molar-refractivity contribution in [1.29, 1.82) is 5.26 Å². The lowest BCUT2D eigenvalue weighted by Gasteiger charge is -2.29. The second-order valence-corrected chi connectivity index (χ2v) is 7.02. The third kappa shape index (κ3) is 3.49. The van der Waals surface area contributed by atoms with Gasteiger partial charge in [-0.05, 0) is 43.2 Å². The van der Waals surface area contributed by atoms with E-state index in [9.17, 15) is 5.26 Å². The average Bonchev–Trinajstić information content (AvgIpc) is 2.74. The number of nitrogens with zero attached hydrogens (tertiary/aromatic N) is 4. The summed E-state index contributed by atoms with van der Waals surface area (Å²) >= 11 is 0. The molecule has 1 aliphatic rings. The Kier molecular flexibility index (Phi) is 5.09. The smallest absolute Gasteiger partial charge is 0.156 e. The lowest BCUT2D eigenvalue weighted by Crippen LogP contribution is -2.36. The Hall–Kier alpha value is -3.17. The highest BCUT2D eigenvalue weighted by Crippen LogP contribution is 2.29. The van der Waals surface area contributed by atoms with Gasteiger partial charge in [-0.2, -0.15) is 10.4 Å². The van der Waals surface area contributed by atoms with Gasteiger partial charge in [-0.25, -0.2) is 0 Å². The summed E-state index contributed by atoms with van der Waals surface area (Å²) in [6.45, 7) is 7.85. The quantitative estimate of drug-likeness (QED) is 0.754. The predicted octanol–water partition coefficient (Wildman–Crippen LogP) is 3.57. The van der Waals surface area contributed by atoms with Crippen molar-refractivity contribution in [2.75, 3.05) is 36.5 Å². The van der Waals surface area contributed by atoms with Crippen LogP contribution in [0.15, 0.2) is 36.4 Å². The molecule has 0 amide bonds. The second kappa shape index (κ2) is 7.83. The molecule has 2 heterocycles. The zero-order chi connectivity index (χ0) is 19.5. The number of hydrogen-bond acceptors (Lipinski definition) is 6. The van der Waals surface area contributed by atoms with Gasteiger partial charge in [0, 0.05) is 36.1 Å². The Bertz CT molecular complexity index is 1050. The van der Waals surface area contributed by atoms with Crippen molar-refractivity contribution in [3.8, 4) is 6.07 Å². The van der Waals surface area contributed by atoms with Crippen LogP contribution in [0.1, 0.15) is 22.4 Å². The Labute approximate surface area is 164 Å². The fourth-order valence-electron chi connectivity index (χ4n) is 3.60. The molecule has 6 heteroatoms. The molecular formula is C22H23N5O. The minimum absolute atomic E-state index is 0.593. The molecule has 0 saturated carbocycles. The summed E-state index contributed by atoms with van der Waals surface area (Å²) in [6.07, 6.45) is 0. The molecule has 142 valence electrons. The van der Waals surface area contributed by atoms with Gasteiger partial charge in [-0.3, -0.25) is 0 Å². The van der Waals surface area contributed by atoms with E-state index in [1.807, 2.05) is 32.0 Å². The number of benzene rings is 2. The van der Waals surface area contributed by atoms with Gasteiger partial charge in [0.1, 0.15) is 0 Å².